The van der Waals surface area contributed by atoms with Crippen LogP contribution in [-0.4, -0.2) is 6.36 Å². The first kappa shape index (κ1) is 19.0. The summed E-state index contributed by atoms with van der Waals surface area (Å²) < 4.78 is 109. The Morgan fingerprint density at radius 2 is 1.24 bits per heavy atom. The molecule has 0 aliphatic heterocycles. The van der Waals surface area contributed by atoms with Crippen molar-refractivity contribution in [3.8, 4) is 16.9 Å². The van der Waals surface area contributed by atoms with Gasteiger partial charge in [0.05, 0.1) is 5.56 Å². The molecule has 9 heteroatoms. The van der Waals surface area contributed by atoms with Crippen LogP contribution < -0.4 is 4.74 Å². The summed E-state index contributed by atoms with van der Waals surface area (Å²) in [6.45, 7) is 3.13. The molecule has 0 fully saturated rings. The summed E-state index contributed by atoms with van der Waals surface area (Å²) in [4.78, 5) is 0. The molecule has 0 bridgehead atoms. The van der Waals surface area contributed by atoms with Crippen molar-refractivity contribution in [3.63, 3.8) is 0 Å². The van der Waals surface area contributed by atoms with Gasteiger partial charge in [0.15, 0.2) is 23.3 Å². The van der Waals surface area contributed by atoms with Gasteiger partial charge in [0, 0.05) is 0 Å². The van der Waals surface area contributed by atoms with E-state index in [1.54, 1.807) is 13.8 Å². The van der Waals surface area contributed by atoms with Crippen molar-refractivity contribution in [1.29, 1.82) is 0 Å². The molecule has 2 rings (SSSR count). The Morgan fingerprint density at radius 1 is 0.760 bits per heavy atom. The maximum Gasteiger partial charge on any atom is 0.573 e. The third-order valence-electron chi connectivity index (χ3n) is 3.33. The average molecular weight is 370 g/mol. The summed E-state index contributed by atoms with van der Waals surface area (Å²) in [6.07, 6.45) is -5.09. The highest BCUT2D eigenvalue weighted by Gasteiger charge is 2.32. The Hall–Kier alpha value is -2.32. The molecule has 2 aromatic carbocycles. The van der Waals surface area contributed by atoms with Gasteiger partial charge in [0.1, 0.15) is 5.75 Å². The molecule has 0 amide bonds. The van der Waals surface area contributed by atoms with E-state index in [1.807, 2.05) is 0 Å². The van der Waals surface area contributed by atoms with Crippen LogP contribution in [0.4, 0.5) is 35.1 Å². The van der Waals surface area contributed by atoms with Crippen LogP contribution in [0.3, 0.4) is 0 Å². The molecule has 25 heavy (non-hydrogen) atoms. The highest BCUT2D eigenvalue weighted by Crippen LogP contribution is 2.36. The molecule has 0 saturated carbocycles. The van der Waals surface area contributed by atoms with Gasteiger partial charge < -0.3 is 4.74 Å². The number of alkyl halides is 3. The quantitative estimate of drug-likeness (QED) is 0.362. The van der Waals surface area contributed by atoms with Crippen molar-refractivity contribution in [3.05, 3.63) is 52.8 Å². The molecular formula is C16H10F8O. The molecule has 0 atom stereocenters. The second-order valence-corrected chi connectivity index (χ2v) is 5.44. The van der Waals surface area contributed by atoms with Gasteiger partial charge in [-0.1, -0.05) is 19.9 Å². The van der Waals surface area contributed by atoms with Crippen molar-refractivity contribution in [2.24, 2.45) is 0 Å². The lowest BCUT2D eigenvalue weighted by atomic mass is 9.96. The zero-order chi connectivity index (χ0) is 19.1. The van der Waals surface area contributed by atoms with E-state index in [9.17, 15) is 35.1 Å². The lowest BCUT2D eigenvalue weighted by molar-refractivity contribution is -0.274. The monoisotopic (exact) mass is 370 g/mol. The first-order chi connectivity index (χ1) is 11.4. The maximum atomic E-state index is 13.9. The maximum absolute atomic E-state index is 13.9. The van der Waals surface area contributed by atoms with Gasteiger partial charge in [-0.05, 0) is 29.2 Å². The van der Waals surface area contributed by atoms with Crippen LogP contribution in [0.25, 0.3) is 11.1 Å². The van der Waals surface area contributed by atoms with Gasteiger partial charge in [-0.3, -0.25) is 0 Å². The highest BCUT2D eigenvalue weighted by molar-refractivity contribution is 5.68. The summed E-state index contributed by atoms with van der Waals surface area (Å²) in [5.41, 5.74) is -1.80. The molecule has 1 nitrogen and oxygen atoms in total. The second kappa shape index (κ2) is 6.53. The van der Waals surface area contributed by atoms with Gasteiger partial charge in [-0.15, -0.1) is 13.2 Å². The topological polar surface area (TPSA) is 9.23 Å². The minimum absolute atomic E-state index is 0.153. The number of rotatable bonds is 3. The molecule has 0 radical (unpaired) electrons. The fraction of sp³-hybridized carbons (Fsp3) is 0.250. The minimum atomic E-state index is -5.09. The summed E-state index contributed by atoms with van der Waals surface area (Å²) in [5.74, 6) is -12.3. The molecule has 136 valence electrons. The lowest BCUT2D eigenvalue weighted by Gasteiger charge is -2.15. The predicted octanol–water partition coefficient (Wildman–Crippen LogP) is 6.07. The van der Waals surface area contributed by atoms with Crippen molar-refractivity contribution in [2.75, 3.05) is 0 Å². The second-order valence-electron chi connectivity index (χ2n) is 5.44. The van der Waals surface area contributed by atoms with E-state index in [1.165, 1.54) is 0 Å². The van der Waals surface area contributed by atoms with E-state index < -0.39 is 58.2 Å². The smallest absolute Gasteiger partial charge is 0.406 e. The van der Waals surface area contributed by atoms with Gasteiger partial charge >= 0.3 is 6.36 Å². The lowest BCUT2D eigenvalue weighted by Crippen LogP contribution is -2.17. The number of benzene rings is 2. The number of hydrogen-bond acceptors (Lipinski definition) is 1. The van der Waals surface area contributed by atoms with Crippen LogP contribution in [0.15, 0.2) is 18.2 Å². The number of hydrogen-bond donors (Lipinski definition) is 0. The van der Waals surface area contributed by atoms with Crippen molar-refractivity contribution < 1.29 is 39.9 Å². The van der Waals surface area contributed by atoms with E-state index in [0.717, 1.165) is 12.1 Å². The van der Waals surface area contributed by atoms with Crippen LogP contribution in [0, 0.1) is 29.1 Å². The van der Waals surface area contributed by atoms with E-state index in [4.69, 9.17) is 0 Å². The zero-order valence-corrected chi connectivity index (χ0v) is 12.7. The fourth-order valence-electron chi connectivity index (χ4n) is 2.15. The number of ether oxygens (including phenoxy) is 1. The molecule has 0 unspecified atom stereocenters. The van der Waals surface area contributed by atoms with E-state index in [0.29, 0.717) is 6.07 Å². The van der Waals surface area contributed by atoms with Crippen LogP contribution in [-0.2, 0) is 0 Å². The standard InChI is InChI=1S/C16H10F8O/c1-6(2)7-3-8(5-9(4-7)25-16(22,23)24)10-11(17)13(19)15(21)14(20)12(10)18/h3-6H,1-2H3. The molecule has 0 saturated heterocycles. The third kappa shape index (κ3) is 3.85. The highest BCUT2D eigenvalue weighted by atomic mass is 19.4. The largest absolute Gasteiger partial charge is 0.573 e. The predicted molar refractivity (Wildman–Crippen MR) is 72.4 cm³/mol. The van der Waals surface area contributed by atoms with Gasteiger partial charge in [0.2, 0.25) is 5.82 Å². The average Bonchev–Trinajstić information content (AvgIpc) is 2.49. The normalized spacial score (nSPS) is 12.0. The van der Waals surface area contributed by atoms with E-state index >= 15 is 0 Å². The molecular weight excluding hydrogens is 360 g/mol. The van der Waals surface area contributed by atoms with Gasteiger partial charge in [0.25, 0.3) is 0 Å². The molecule has 0 aliphatic rings. The Kier molecular flexibility index (Phi) is 4.97. The molecule has 2 aromatic rings. The molecule has 0 spiro atoms. The number of halogens is 8. The summed E-state index contributed by atoms with van der Waals surface area (Å²) in [6, 6.07) is 2.55. The molecule has 0 aromatic heterocycles. The Balaban J connectivity index is 2.75. The molecule has 0 aliphatic carbocycles. The van der Waals surface area contributed by atoms with Crippen molar-refractivity contribution in [1.82, 2.24) is 0 Å². The SMILES string of the molecule is CC(C)c1cc(OC(F)(F)F)cc(-c2c(F)c(F)c(F)c(F)c2F)c1. The fourth-order valence-corrected chi connectivity index (χ4v) is 2.15. The first-order valence-corrected chi connectivity index (χ1v) is 6.85. The van der Waals surface area contributed by atoms with Crippen LogP contribution in [0.1, 0.15) is 25.3 Å². The van der Waals surface area contributed by atoms with Gasteiger partial charge in [-0.25, -0.2) is 22.0 Å². The summed E-state index contributed by atoms with van der Waals surface area (Å²) in [7, 11) is 0. The third-order valence-corrected chi connectivity index (χ3v) is 3.33. The van der Waals surface area contributed by atoms with Crippen LogP contribution in [0.2, 0.25) is 0 Å². The Labute approximate surface area is 136 Å². The summed E-state index contributed by atoms with van der Waals surface area (Å²) >= 11 is 0. The Morgan fingerprint density at radius 3 is 1.68 bits per heavy atom. The zero-order valence-electron chi connectivity index (χ0n) is 12.7. The van der Waals surface area contributed by atoms with Crippen molar-refractivity contribution >= 4 is 0 Å². The van der Waals surface area contributed by atoms with Crippen molar-refractivity contribution in [2.45, 2.75) is 26.1 Å². The van der Waals surface area contributed by atoms with Crippen LogP contribution >= 0.6 is 0 Å². The first-order valence-electron chi connectivity index (χ1n) is 6.85. The Bertz CT molecular complexity index is 782. The molecule has 0 heterocycles. The van der Waals surface area contributed by atoms with Crippen LogP contribution in [0.5, 0.6) is 5.75 Å². The van der Waals surface area contributed by atoms with E-state index in [-0.39, 0.29) is 5.56 Å². The minimum Gasteiger partial charge on any atom is -0.406 e. The van der Waals surface area contributed by atoms with Gasteiger partial charge in [-0.2, -0.15) is 0 Å². The summed E-state index contributed by atoms with van der Waals surface area (Å²) in [5, 5.41) is 0. The van der Waals surface area contributed by atoms with E-state index in [2.05, 4.69) is 4.74 Å². The molecule has 0 N–H and O–H groups in total.